The van der Waals surface area contributed by atoms with E-state index < -0.39 is 24.1 Å². The van der Waals surface area contributed by atoms with Crippen LogP contribution in [-0.2, 0) is 9.59 Å². The lowest BCUT2D eigenvalue weighted by molar-refractivity contribution is -0.147. The van der Waals surface area contributed by atoms with Crippen molar-refractivity contribution in [3.05, 3.63) is 0 Å². The lowest BCUT2D eigenvalue weighted by Gasteiger charge is -2.10. The molecule has 0 aromatic heterocycles. The number of aliphatic carboxylic acids is 2. The first-order valence-corrected chi connectivity index (χ1v) is 3.32. The topological polar surface area (TPSA) is 107 Å². The summed E-state index contributed by atoms with van der Waals surface area (Å²) in [6, 6.07) is -0.862. The van der Waals surface area contributed by atoms with Crippen LogP contribution in [0.3, 0.4) is 0 Å². The molecule has 0 radical (unpaired) electrons. The van der Waals surface area contributed by atoms with Crippen LogP contribution in [0.1, 0.15) is 6.92 Å². The molecule has 6 nitrogen and oxygen atoms in total. The quantitative estimate of drug-likeness (QED) is 0.407. The SMILES string of the molecule is C[C@@H](NCC(O)C(=O)O)C(=O)O. The van der Waals surface area contributed by atoms with Gasteiger partial charge in [0, 0.05) is 6.54 Å². The molecule has 70 valence electrons. The van der Waals surface area contributed by atoms with Gasteiger partial charge in [-0.25, -0.2) is 4.79 Å². The van der Waals surface area contributed by atoms with Gasteiger partial charge in [0.05, 0.1) is 0 Å². The number of nitrogens with one attached hydrogen (secondary N) is 1. The van der Waals surface area contributed by atoms with Gasteiger partial charge in [-0.2, -0.15) is 0 Å². The Morgan fingerprint density at radius 1 is 1.33 bits per heavy atom. The molecule has 0 amide bonds. The summed E-state index contributed by atoms with van der Waals surface area (Å²) in [5, 5.41) is 27.6. The largest absolute Gasteiger partial charge is 0.480 e. The molecule has 0 spiro atoms. The fraction of sp³-hybridized carbons (Fsp3) is 0.667. The van der Waals surface area contributed by atoms with E-state index in [4.69, 9.17) is 15.3 Å². The van der Waals surface area contributed by atoms with Gasteiger partial charge in [0.1, 0.15) is 6.04 Å². The van der Waals surface area contributed by atoms with Crippen LogP contribution in [0.4, 0.5) is 0 Å². The minimum Gasteiger partial charge on any atom is -0.480 e. The normalized spacial score (nSPS) is 15.2. The van der Waals surface area contributed by atoms with Crippen LogP contribution in [0.15, 0.2) is 0 Å². The first kappa shape index (κ1) is 10.9. The molecule has 0 saturated carbocycles. The number of carboxylic acids is 2. The van der Waals surface area contributed by atoms with E-state index in [1.165, 1.54) is 6.92 Å². The third kappa shape index (κ3) is 3.89. The molecule has 4 N–H and O–H groups in total. The Kier molecular flexibility index (Phi) is 4.24. The van der Waals surface area contributed by atoms with Crippen molar-refractivity contribution in [3.8, 4) is 0 Å². The third-order valence-electron chi connectivity index (χ3n) is 1.27. The molecule has 1 unspecified atom stereocenters. The van der Waals surface area contributed by atoms with Crippen molar-refractivity contribution in [2.75, 3.05) is 6.54 Å². The van der Waals surface area contributed by atoms with E-state index in [9.17, 15) is 9.59 Å². The standard InChI is InChI=1S/C6H11NO5/c1-3(5(9)10)7-2-4(8)6(11)12/h3-4,7-8H,2H2,1H3,(H,9,10)(H,11,12)/t3-,4?/m1/s1. The van der Waals surface area contributed by atoms with Crippen molar-refractivity contribution in [2.45, 2.75) is 19.1 Å². The van der Waals surface area contributed by atoms with Crippen molar-refractivity contribution in [1.82, 2.24) is 5.32 Å². The first-order valence-electron chi connectivity index (χ1n) is 3.32. The average molecular weight is 177 g/mol. The second-order valence-corrected chi connectivity index (χ2v) is 2.32. The Labute approximate surface area is 68.8 Å². The molecule has 0 aliphatic heterocycles. The monoisotopic (exact) mass is 177 g/mol. The highest BCUT2D eigenvalue weighted by Gasteiger charge is 2.16. The predicted molar refractivity (Wildman–Crippen MR) is 38.7 cm³/mol. The zero-order chi connectivity index (χ0) is 9.72. The van der Waals surface area contributed by atoms with E-state index in [1.54, 1.807) is 0 Å². The zero-order valence-electron chi connectivity index (χ0n) is 6.52. The molecular weight excluding hydrogens is 166 g/mol. The summed E-state index contributed by atoms with van der Waals surface area (Å²) >= 11 is 0. The first-order chi connectivity index (χ1) is 5.45. The van der Waals surface area contributed by atoms with Gasteiger partial charge >= 0.3 is 11.9 Å². The maximum Gasteiger partial charge on any atom is 0.333 e. The van der Waals surface area contributed by atoms with Crippen LogP contribution < -0.4 is 5.32 Å². The molecular formula is C6H11NO5. The Balaban J connectivity index is 3.68. The van der Waals surface area contributed by atoms with Crippen molar-refractivity contribution in [3.63, 3.8) is 0 Å². The van der Waals surface area contributed by atoms with Crippen molar-refractivity contribution in [1.29, 1.82) is 0 Å². The highest BCUT2D eigenvalue weighted by Crippen LogP contribution is 1.84. The summed E-state index contributed by atoms with van der Waals surface area (Å²) < 4.78 is 0. The molecule has 0 rings (SSSR count). The Bertz CT molecular complexity index is 161. The van der Waals surface area contributed by atoms with E-state index in [0.717, 1.165) is 0 Å². The number of hydrogen-bond acceptors (Lipinski definition) is 4. The van der Waals surface area contributed by atoms with Gasteiger partial charge in [-0.3, -0.25) is 4.79 Å². The molecule has 0 aromatic rings. The predicted octanol–water partition coefficient (Wildman–Crippen LogP) is -1.51. The number of aliphatic hydroxyl groups excluding tert-OH is 1. The summed E-state index contributed by atoms with van der Waals surface area (Å²) in [6.45, 7) is 1.08. The van der Waals surface area contributed by atoms with Crippen LogP contribution in [-0.4, -0.2) is 45.9 Å². The van der Waals surface area contributed by atoms with Crippen LogP contribution in [0.5, 0.6) is 0 Å². The molecule has 0 aromatic carbocycles. The van der Waals surface area contributed by atoms with Gasteiger partial charge in [0.25, 0.3) is 0 Å². The fourth-order valence-corrected chi connectivity index (χ4v) is 0.463. The number of hydrogen-bond donors (Lipinski definition) is 4. The Morgan fingerprint density at radius 2 is 1.83 bits per heavy atom. The molecule has 0 aliphatic rings. The maximum absolute atomic E-state index is 10.2. The number of rotatable bonds is 5. The summed E-state index contributed by atoms with van der Waals surface area (Å²) in [5.74, 6) is -2.47. The Hall–Kier alpha value is -1.14. The molecule has 2 atom stereocenters. The second-order valence-electron chi connectivity index (χ2n) is 2.32. The Morgan fingerprint density at radius 3 is 2.17 bits per heavy atom. The van der Waals surface area contributed by atoms with Gasteiger partial charge in [-0.15, -0.1) is 0 Å². The van der Waals surface area contributed by atoms with Crippen LogP contribution in [0, 0.1) is 0 Å². The molecule has 0 bridgehead atoms. The molecule has 0 fully saturated rings. The molecule has 6 heteroatoms. The van der Waals surface area contributed by atoms with Gasteiger partial charge in [0.2, 0.25) is 0 Å². The van der Waals surface area contributed by atoms with Gasteiger partial charge < -0.3 is 20.6 Å². The van der Waals surface area contributed by atoms with E-state index in [0.29, 0.717) is 0 Å². The number of aliphatic hydroxyl groups is 1. The van der Waals surface area contributed by atoms with Gasteiger partial charge in [0.15, 0.2) is 6.10 Å². The fourth-order valence-electron chi connectivity index (χ4n) is 0.463. The zero-order valence-corrected chi connectivity index (χ0v) is 6.52. The second kappa shape index (κ2) is 4.68. The molecule has 0 heterocycles. The van der Waals surface area contributed by atoms with Crippen LogP contribution in [0.25, 0.3) is 0 Å². The minimum absolute atomic E-state index is 0.275. The molecule has 0 aliphatic carbocycles. The van der Waals surface area contributed by atoms with E-state index in [2.05, 4.69) is 5.32 Å². The number of carbonyl (C=O) groups is 2. The van der Waals surface area contributed by atoms with Gasteiger partial charge in [-0.05, 0) is 6.92 Å². The third-order valence-corrected chi connectivity index (χ3v) is 1.27. The summed E-state index contributed by atoms with van der Waals surface area (Å²) in [5.41, 5.74) is 0. The lowest BCUT2D eigenvalue weighted by atomic mass is 10.3. The van der Waals surface area contributed by atoms with Crippen LogP contribution in [0.2, 0.25) is 0 Å². The van der Waals surface area contributed by atoms with Crippen molar-refractivity contribution >= 4 is 11.9 Å². The van der Waals surface area contributed by atoms with E-state index in [-0.39, 0.29) is 6.54 Å². The smallest absolute Gasteiger partial charge is 0.333 e. The summed E-state index contributed by atoms with van der Waals surface area (Å²) in [6.07, 6.45) is -1.56. The summed E-state index contributed by atoms with van der Waals surface area (Å²) in [7, 11) is 0. The highest BCUT2D eigenvalue weighted by molar-refractivity contribution is 5.74. The van der Waals surface area contributed by atoms with E-state index in [1.807, 2.05) is 0 Å². The van der Waals surface area contributed by atoms with Crippen LogP contribution >= 0.6 is 0 Å². The highest BCUT2D eigenvalue weighted by atomic mass is 16.4. The number of carboxylic acid groups (broad SMARTS) is 2. The lowest BCUT2D eigenvalue weighted by Crippen LogP contribution is -2.41. The van der Waals surface area contributed by atoms with Crippen molar-refractivity contribution in [2.24, 2.45) is 0 Å². The van der Waals surface area contributed by atoms with Crippen molar-refractivity contribution < 1.29 is 24.9 Å². The minimum atomic E-state index is -1.56. The summed E-state index contributed by atoms with van der Waals surface area (Å²) in [4.78, 5) is 20.2. The average Bonchev–Trinajstić information content (AvgIpc) is 1.98. The molecule has 0 saturated heterocycles. The maximum atomic E-state index is 10.2. The van der Waals surface area contributed by atoms with Gasteiger partial charge in [-0.1, -0.05) is 0 Å². The molecule has 12 heavy (non-hydrogen) atoms. The van der Waals surface area contributed by atoms with E-state index >= 15 is 0 Å².